The lowest BCUT2D eigenvalue weighted by Crippen LogP contribution is -2.20. The lowest BCUT2D eigenvalue weighted by molar-refractivity contribution is 0.590. The van der Waals surface area contributed by atoms with Crippen molar-refractivity contribution in [2.24, 2.45) is 7.05 Å². The quantitative estimate of drug-likeness (QED) is 0.795. The molecule has 2 rings (SSSR count). The molecule has 102 valence electrons. The first-order valence-corrected chi connectivity index (χ1v) is 6.55. The highest BCUT2D eigenvalue weighted by molar-refractivity contribution is 5.61. The van der Waals surface area contributed by atoms with Crippen LogP contribution in [0.4, 0.5) is 0 Å². The van der Waals surface area contributed by atoms with Gasteiger partial charge in [0.25, 0.3) is 5.56 Å². The van der Waals surface area contributed by atoms with Gasteiger partial charge in [-0.15, -0.1) is 0 Å². The number of nitrogens with zero attached hydrogens (tertiary/aromatic N) is 2. The summed E-state index contributed by atoms with van der Waals surface area (Å²) in [5.74, 6) is 0. The molecule has 0 saturated carbocycles. The van der Waals surface area contributed by atoms with Gasteiger partial charge < -0.3 is 4.57 Å². The third-order valence-corrected chi connectivity index (χ3v) is 3.47. The Morgan fingerprint density at radius 3 is 2.15 bits per heavy atom. The monoisotopic (exact) mass is 266 g/mol. The molecule has 0 radical (unpaired) electrons. The molecule has 1 aromatic carbocycles. The summed E-state index contributed by atoms with van der Waals surface area (Å²) in [5, 5.41) is 8.87. The van der Waals surface area contributed by atoms with E-state index >= 15 is 0 Å². The van der Waals surface area contributed by atoms with Gasteiger partial charge in [-0.25, -0.2) is 0 Å². The molecule has 1 heterocycles. The van der Waals surface area contributed by atoms with Crippen molar-refractivity contribution in [1.29, 1.82) is 5.26 Å². The molecule has 0 aliphatic heterocycles. The minimum atomic E-state index is -0.259. The van der Waals surface area contributed by atoms with E-state index in [-0.39, 0.29) is 16.5 Å². The summed E-state index contributed by atoms with van der Waals surface area (Å²) in [5.41, 5.74) is 3.05. The number of rotatable bonds is 1. The van der Waals surface area contributed by atoms with Crippen LogP contribution in [0.15, 0.2) is 41.2 Å². The van der Waals surface area contributed by atoms with Crippen LogP contribution in [0.25, 0.3) is 11.3 Å². The highest BCUT2D eigenvalue weighted by Crippen LogP contribution is 2.25. The molecule has 0 spiro atoms. The zero-order valence-corrected chi connectivity index (χ0v) is 12.3. The van der Waals surface area contributed by atoms with Gasteiger partial charge in [0, 0.05) is 7.05 Å². The molecule has 20 heavy (non-hydrogen) atoms. The van der Waals surface area contributed by atoms with Gasteiger partial charge in [-0.1, -0.05) is 45.0 Å². The van der Waals surface area contributed by atoms with Crippen molar-refractivity contribution in [3.05, 3.63) is 57.9 Å². The minimum Gasteiger partial charge on any atom is -0.310 e. The van der Waals surface area contributed by atoms with Crippen LogP contribution in [-0.2, 0) is 12.5 Å². The zero-order chi connectivity index (χ0) is 14.9. The summed E-state index contributed by atoms with van der Waals surface area (Å²) in [6, 6.07) is 13.5. The number of benzene rings is 1. The van der Waals surface area contributed by atoms with Crippen molar-refractivity contribution in [3.8, 4) is 17.3 Å². The predicted octanol–water partition coefficient (Wildman–Crippen LogP) is 3.22. The Balaban J connectivity index is 2.51. The number of hydrogen-bond donors (Lipinski definition) is 0. The summed E-state index contributed by atoms with van der Waals surface area (Å²) >= 11 is 0. The number of nitriles is 1. The van der Waals surface area contributed by atoms with E-state index in [1.807, 2.05) is 24.3 Å². The number of pyridine rings is 1. The van der Waals surface area contributed by atoms with E-state index in [1.165, 1.54) is 10.1 Å². The van der Waals surface area contributed by atoms with E-state index in [2.05, 4.69) is 32.9 Å². The Morgan fingerprint density at radius 2 is 1.65 bits per heavy atom. The smallest absolute Gasteiger partial charge is 0.268 e. The highest BCUT2D eigenvalue weighted by Gasteiger charge is 2.14. The molecule has 0 amide bonds. The first kappa shape index (κ1) is 14.1. The molecule has 0 N–H and O–H groups in total. The van der Waals surface area contributed by atoms with Crippen LogP contribution < -0.4 is 5.56 Å². The predicted molar refractivity (Wildman–Crippen MR) is 80.5 cm³/mol. The zero-order valence-electron chi connectivity index (χ0n) is 12.3. The second-order valence-corrected chi connectivity index (χ2v) is 5.94. The van der Waals surface area contributed by atoms with Crippen molar-refractivity contribution in [3.63, 3.8) is 0 Å². The molecule has 3 nitrogen and oxygen atoms in total. The summed E-state index contributed by atoms with van der Waals surface area (Å²) < 4.78 is 1.52. The summed E-state index contributed by atoms with van der Waals surface area (Å²) in [4.78, 5) is 12.0. The maximum atomic E-state index is 12.0. The van der Waals surface area contributed by atoms with Crippen LogP contribution in [0, 0.1) is 11.3 Å². The number of hydrogen-bond acceptors (Lipinski definition) is 2. The van der Waals surface area contributed by atoms with Gasteiger partial charge in [-0.3, -0.25) is 4.79 Å². The van der Waals surface area contributed by atoms with E-state index in [0.29, 0.717) is 0 Å². The summed E-state index contributed by atoms with van der Waals surface area (Å²) in [6.45, 7) is 6.50. The van der Waals surface area contributed by atoms with Crippen molar-refractivity contribution in [2.45, 2.75) is 26.2 Å². The Hall–Kier alpha value is -2.34. The molecule has 1 aromatic heterocycles. The second-order valence-electron chi connectivity index (χ2n) is 5.94. The molecular formula is C17H18N2O. The molecule has 2 aromatic rings. The lowest BCUT2D eigenvalue weighted by Gasteiger charge is -2.19. The molecular weight excluding hydrogens is 248 g/mol. The highest BCUT2D eigenvalue weighted by atomic mass is 16.1. The molecule has 0 saturated heterocycles. The van der Waals surface area contributed by atoms with Crippen LogP contribution in [0.5, 0.6) is 0 Å². The summed E-state index contributed by atoms with van der Waals surface area (Å²) in [6.07, 6.45) is 0. The summed E-state index contributed by atoms with van der Waals surface area (Å²) in [7, 11) is 1.69. The van der Waals surface area contributed by atoms with Crippen molar-refractivity contribution in [2.75, 3.05) is 0 Å². The van der Waals surface area contributed by atoms with Crippen LogP contribution in [-0.4, -0.2) is 4.57 Å². The van der Waals surface area contributed by atoms with E-state index < -0.39 is 0 Å². The van der Waals surface area contributed by atoms with Crippen LogP contribution in [0.1, 0.15) is 31.9 Å². The molecule has 0 aliphatic rings. The van der Waals surface area contributed by atoms with Crippen molar-refractivity contribution < 1.29 is 0 Å². The molecule has 0 atom stereocenters. The number of aromatic nitrogens is 1. The first-order chi connectivity index (χ1) is 9.34. The van der Waals surface area contributed by atoms with Gasteiger partial charge in [-0.05, 0) is 28.7 Å². The van der Waals surface area contributed by atoms with Gasteiger partial charge in [0.05, 0.1) is 5.69 Å². The third-order valence-electron chi connectivity index (χ3n) is 3.47. The first-order valence-electron chi connectivity index (χ1n) is 6.55. The standard InChI is InChI=1S/C17H18N2O/c1-17(2,3)14-8-5-12(6-9-14)15-10-7-13(11-18)16(20)19(15)4/h5-10H,1-4H3. The van der Waals surface area contributed by atoms with E-state index in [4.69, 9.17) is 5.26 Å². The third kappa shape index (κ3) is 2.50. The van der Waals surface area contributed by atoms with Gasteiger partial charge in [0.2, 0.25) is 0 Å². The van der Waals surface area contributed by atoms with Crippen LogP contribution >= 0.6 is 0 Å². The Morgan fingerprint density at radius 1 is 1.05 bits per heavy atom. The fraction of sp³-hybridized carbons (Fsp3) is 0.294. The maximum Gasteiger partial charge on any atom is 0.268 e. The Kier molecular flexibility index (Phi) is 3.50. The van der Waals surface area contributed by atoms with Gasteiger partial charge >= 0.3 is 0 Å². The lowest BCUT2D eigenvalue weighted by atomic mass is 9.86. The largest absolute Gasteiger partial charge is 0.310 e. The normalized spacial score (nSPS) is 11.2. The van der Waals surface area contributed by atoms with E-state index in [1.54, 1.807) is 13.1 Å². The Labute approximate surface area is 119 Å². The topological polar surface area (TPSA) is 45.8 Å². The van der Waals surface area contributed by atoms with E-state index in [9.17, 15) is 4.79 Å². The molecule has 0 bridgehead atoms. The average Bonchev–Trinajstić information content (AvgIpc) is 2.41. The van der Waals surface area contributed by atoms with Crippen molar-refractivity contribution in [1.82, 2.24) is 4.57 Å². The van der Waals surface area contributed by atoms with Gasteiger partial charge in [0.15, 0.2) is 0 Å². The Bertz CT molecular complexity index is 726. The van der Waals surface area contributed by atoms with Crippen LogP contribution in [0.2, 0.25) is 0 Å². The second kappa shape index (κ2) is 4.97. The minimum absolute atomic E-state index is 0.106. The van der Waals surface area contributed by atoms with Crippen molar-refractivity contribution >= 4 is 0 Å². The van der Waals surface area contributed by atoms with Crippen LogP contribution in [0.3, 0.4) is 0 Å². The average molecular weight is 266 g/mol. The fourth-order valence-electron chi connectivity index (χ4n) is 2.15. The fourth-order valence-corrected chi connectivity index (χ4v) is 2.15. The molecule has 0 fully saturated rings. The SMILES string of the molecule is Cn1c(-c2ccc(C(C)(C)C)cc2)ccc(C#N)c1=O. The molecule has 3 heteroatoms. The van der Waals surface area contributed by atoms with Gasteiger partial charge in [0.1, 0.15) is 11.6 Å². The van der Waals surface area contributed by atoms with Gasteiger partial charge in [-0.2, -0.15) is 5.26 Å². The molecule has 0 aliphatic carbocycles. The van der Waals surface area contributed by atoms with E-state index in [0.717, 1.165) is 11.3 Å². The maximum absolute atomic E-state index is 12.0. The molecule has 0 unspecified atom stereocenters.